The number of likely N-dealkylation sites (tertiary alicyclic amines) is 1. The topological polar surface area (TPSA) is 23.5 Å². The van der Waals surface area contributed by atoms with E-state index in [1.54, 1.807) is 0 Å². The van der Waals surface area contributed by atoms with E-state index < -0.39 is 0 Å². The number of nitrogens with zero attached hydrogens (tertiary/aromatic N) is 1. The predicted octanol–water partition coefficient (Wildman–Crippen LogP) is 8.58. The van der Waals surface area contributed by atoms with Gasteiger partial charge in [-0.25, -0.2) is 0 Å². The Kier molecular flexibility index (Phi) is 9.74. The molecule has 0 amide bonds. The normalized spacial score (nSPS) is 15.8. The van der Waals surface area contributed by atoms with Gasteiger partial charge in [0.25, 0.3) is 0 Å². The van der Waals surface area contributed by atoms with Crippen molar-refractivity contribution in [1.29, 1.82) is 0 Å². The van der Waals surface area contributed by atoms with Crippen molar-refractivity contribution in [3.05, 3.63) is 130 Å². The van der Waals surface area contributed by atoms with Crippen molar-refractivity contribution in [2.45, 2.75) is 70.5 Å². The molecule has 40 heavy (non-hydrogen) atoms. The largest absolute Gasteiger partial charge is 0.507 e. The van der Waals surface area contributed by atoms with Gasteiger partial charge in [-0.2, -0.15) is 0 Å². The summed E-state index contributed by atoms with van der Waals surface area (Å²) < 4.78 is 0. The molecular weight excluding hydrogens is 505 g/mol. The van der Waals surface area contributed by atoms with E-state index in [1.807, 2.05) is 0 Å². The lowest BCUT2D eigenvalue weighted by molar-refractivity contribution is 0.221. The second-order valence-corrected chi connectivity index (χ2v) is 13.6. The first kappa shape index (κ1) is 28.6. The maximum absolute atomic E-state index is 11.9. The average molecular weight is 550 g/mol. The van der Waals surface area contributed by atoms with Gasteiger partial charge >= 0.3 is 0 Å². The molecule has 1 aliphatic rings. The van der Waals surface area contributed by atoms with E-state index >= 15 is 0 Å². The molecule has 4 aromatic rings. The van der Waals surface area contributed by atoms with Gasteiger partial charge in [-0.3, -0.25) is 4.90 Å². The van der Waals surface area contributed by atoms with Crippen LogP contribution in [0, 0.1) is 0 Å². The van der Waals surface area contributed by atoms with E-state index in [2.05, 4.69) is 116 Å². The summed E-state index contributed by atoms with van der Waals surface area (Å²) in [5, 5.41) is 13.2. The fourth-order valence-electron chi connectivity index (χ4n) is 6.27. The van der Waals surface area contributed by atoms with E-state index in [4.69, 9.17) is 0 Å². The van der Waals surface area contributed by atoms with Crippen molar-refractivity contribution in [3.63, 3.8) is 0 Å². The summed E-state index contributed by atoms with van der Waals surface area (Å²) in [6, 6.07) is 34.9. The summed E-state index contributed by atoms with van der Waals surface area (Å²) in [5.41, 5.74) is 7.40. The van der Waals surface area contributed by atoms with Gasteiger partial charge in [-0.1, -0.05) is 132 Å². The highest BCUT2D eigenvalue weighted by atomic mass is 31.1. The molecule has 1 saturated heterocycles. The summed E-state index contributed by atoms with van der Waals surface area (Å²) in [4.78, 5) is 2.62. The Bertz CT molecular complexity index is 1360. The van der Waals surface area contributed by atoms with Gasteiger partial charge in [0.15, 0.2) is 0 Å². The Morgan fingerprint density at radius 2 is 1.35 bits per heavy atom. The first-order valence-electron chi connectivity index (χ1n) is 15.1. The quantitative estimate of drug-likeness (QED) is 0.189. The number of benzene rings is 4. The van der Waals surface area contributed by atoms with Crippen molar-refractivity contribution < 1.29 is 5.11 Å². The number of phenolic OH excluding ortho intramolecular Hbond substituents is 1. The fraction of sp³-hybridized carbons (Fsp3) is 0.351. The lowest BCUT2D eigenvalue weighted by Crippen LogP contribution is -2.31. The summed E-state index contributed by atoms with van der Waals surface area (Å²) in [6.07, 6.45) is 7.70. The Balaban J connectivity index is 1.53. The van der Waals surface area contributed by atoms with Crippen LogP contribution in [-0.2, 0) is 24.5 Å². The highest BCUT2D eigenvalue weighted by Gasteiger charge is 2.32. The molecule has 5 rings (SSSR count). The molecule has 4 aromatic carbocycles. The van der Waals surface area contributed by atoms with Crippen molar-refractivity contribution in [3.8, 4) is 5.75 Å². The molecule has 2 atom stereocenters. The molecule has 2 unspecified atom stereocenters. The second-order valence-electron chi connectivity index (χ2n) is 11.7. The summed E-state index contributed by atoms with van der Waals surface area (Å²) in [6.45, 7) is 8.10. The van der Waals surface area contributed by atoms with Crippen LogP contribution in [-0.4, -0.2) is 23.1 Å². The van der Waals surface area contributed by atoms with Crippen molar-refractivity contribution in [2.75, 3.05) is 13.1 Å². The number of rotatable bonds is 11. The highest BCUT2D eigenvalue weighted by molar-refractivity contribution is 7.48. The van der Waals surface area contributed by atoms with E-state index in [-0.39, 0.29) is 5.16 Å². The monoisotopic (exact) mass is 549 g/mol. The number of hydrogen-bond donors (Lipinski definition) is 1. The van der Waals surface area contributed by atoms with Crippen LogP contribution in [0.3, 0.4) is 0 Å². The Morgan fingerprint density at radius 3 is 2.02 bits per heavy atom. The molecule has 0 aliphatic carbocycles. The van der Waals surface area contributed by atoms with E-state index in [0.29, 0.717) is 14.3 Å². The lowest BCUT2D eigenvalue weighted by Gasteiger charge is -2.34. The third-order valence-electron chi connectivity index (χ3n) is 8.35. The molecule has 208 valence electrons. The minimum Gasteiger partial charge on any atom is -0.507 e. The molecule has 0 radical (unpaired) electrons. The zero-order valence-corrected chi connectivity index (χ0v) is 25.2. The van der Waals surface area contributed by atoms with Crippen LogP contribution in [0.1, 0.15) is 79.3 Å². The first-order valence-corrected chi connectivity index (χ1v) is 16.1. The maximum Gasteiger partial charge on any atom is 0.123 e. The summed E-state index contributed by atoms with van der Waals surface area (Å²) in [5.74, 6) is 0.484. The van der Waals surface area contributed by atoms with Crippen LogP contribution in [0.2, 0.25) is 0 Å². The molecule has 0 spiro atoms. The van der Waals surface area contributed by atoms with Crippen molar-refractivity contribution in [1.82, 2.24) is 4.90 Å². The number of aromatic hydroxyl groups is 1. The zero-order valence-electron chi connectivity index (χ0n) is 24.2. The maximum atomic E-state index is 11.9. The molecular formula is C37H44NOP. The zero-order chi connectivity index (χ0) is 27.8. The van der Waals surface area contributed by atoms with Crippen LogP contribution in [0.25, 0.3) is 0 Å². The average Bonchev–Trinajstić information content (AvgIpc) is 2.97. The smallest absolute Gasteiger partial charge is 0.123 e. The van der Waals surface area contributed by atoms with Gasteiger partial charge < -0.3 is 5.11 Å². The van der Waals surface area contributed by atoms with Crippen LogP contribution in [0.15, 0.2) is 97.1 Å². The SMILES string of the molecule is CCCC(C)(Pc1ccccc1CN1CCCCC1)c1cc(Cc2ccccc2)cc(Cc2ccccc2)c1O. The van der Waals surface area contributed by atoms with Gasteiger partial charge in [0, 0.05) is 23.7 Å². The van der Waals surface area contributed by atoms with E-state index in [0.717, 1.165) is 43.4 Å². The van der Waals surface area contributed by atoms with E-state index in [9.17, 15) is 5.11 Å². The number of piperidine rings is 1. The Hall–Kier alpha value is -2.93. The van der Waals surface area contributed by atoms with Gasteiger partial charge in [-0.15, -0.1) is 0 Å². The Labute approximate surface area is 243 Å². The predicted molar refractivity (Wildman–Crippen MR) is 172 cm³/mol. The molecule has 1 fully saturated rings. The molecule has 3 heteroatoms. The van der Waals surface area contributed by atoms with Gasteiger partial charge in [0.1, 0.15) is 5.75 Å². The molecule has 2 nitrogen and oxygen atoms in total. The molecule has 1 aliphatic heterocycles. The molecule has 0 saturated carbocycles. The minimum atomic E-state index is -0.144. The van der Waals surface area contributed by atoms with Crippen LogP contribution >= 0.6 is 8.58 Å². The standard InChI is InChI=1S/C37H44NOP/c1-3-21-37(2,40-35-20-12-11-19-32(35)28-38-22-13-6-14-23-38)34-27-31(24-29-15-7-4-8-16-29)26-33(36(34)39)25-30-17-9-5-10-18-30/h4-5,7-12,15-20,26-27,39-40H,3,6,13-14,21-25,28H2,1-2H3. The third-order valence-corrected chi connectivity index (χ3v) is 10.2. The van der Waals surface area contributed by atoms with Crippen molar-refractivity contribution in [2.24, 2.45) is 0 Å². The first-order chi connectivity index (χ1) is 19.5. The third kappa shape index (κ3) is 7.22. The molecule has 1 N–H and O–H groups in total. The molecule has 0 bridgehead atoms. The van der Waals surface area contributed by atoms with Crippen LogP contribution in [0.4, 0.5) is 0 Å². The van der Waals surface area contributed by atoms with Gasteiger partial charge in [0.2, 0.25) is 0 Å². The fourth-order valence-corrected chi connectivity index (χ4v) is 8.06. The summed E-state index contributed by atoms with van der Waals surface area (Å²) >= 11 is 0. The van der Waals surface area contributed by atoms with Crippen LogP contribution < -0.4 is 5.30 Å². The summed E-state index contributed by atoms with van der Waals surface area (Å²) in [7, 11) is 0.591. The molecule has 1 heterocycles. The minimum absolute atomic E-state index is 0.144. The van der Waals surface area contributed by atoms with Crippen LogP contribution in [0.5, 0.6) is 5.75 Å². The number of hydrogen-bond acceptors (Lipinski definition) is 2. The lowest BCUT2D eigenvalue weighted by atomic mass is 9.88. The van der Waals surface area contributed by atoms with Gasteiger partial charge in [-0.05, 0) is 71.9 Å². The second kappa shape index (κ2) is 13.6. The van der Waals surface area contributed by atoms with Crippen molar-refractivity contribution >= 4 is 13.9 Å². The number of phenols is 1. The molecule has 0 aromatic heterocycles. The van der Waals surface area contributed by atoms with E-state index in [1.165, 1.54) is 59.9 Å². The van der Waals surface area contributed by atoms with Gasteiger partial charge in [0.05, 0.1) is 0 Å². The Morgan fingerprint density at radius 1 is 0.725 bits per heavy atom. The highest BCUT2D eigenvalue weighted by Crippen LogP contribution is 2.49.